The molecule has 3 heteroatoms. The van der Waals surface area contributed by atoms with Gasteiger partial charge < -0.3 is 5.32 Å². The summed E-state index contributed by atoms with van der Waals surface area (Å²) in [6, 6.07) is 7.27. The largest absolute Gasteiger partial charge is 0.323 e. The smallest absolute Gasteiger partial charge is 0.221 e. The minimum absolute atomic E-state index is 0.115. The van der Waals surface area contributed by atoms with Crippen LogP contribution in [0.15, 0.2) is 30.0 Å². The number of hydrogen-bond donors (Lipinski definition) is 1. The van der Waals surface area contributed by atoms with E-state index in [1.54, 1.807) is 18.2 Å². The lowest BCUT2D eigenvalue weighted by Gasteiger charge is -1.99. The molecule has 0 radical (unpaired) electrons. The first kappa shape index (κ1) is 8.69. The minimum atomic E-state index is -0.225. The Morgan fingerprint density at radius 1 is 1.29 bits per heavy atom. The number of hydrogen-bond acceptors (Lipinski definition) is 2. The molecule has 0 atom stereocenters. The molecule has 1 N–H and O–H groups in total. The van der Waals surface area contributed by atoms with E-state index < -0.39 is 0 Å². The molecule has 0 saturated heterocycles. The van der Waals surface area contributed by atoms with Gasteiger partial charge in [-0.05, 0) is 11.6 Å². The first-order chi connectivity index (χ1) is 6.68. The first-order valence-electron chi connectivity index (χ1n) is 4.31. The van der Waals surface area contributed by atoms with Crippen molar-refractivity contribution in [2.75, 3.05) is 0 Å². The molecule has 0 heterocycles. The minimum Gasteiger partial charge on any atom is -0.323 e. The lowest BCUT2D eigenvalue weighted by molar-refractivity contribution is -0.118. The summed E-state index contributed by atoms with van der Waals surface area (Å²) in [6.07, 6.45) is 1.69. The molecule has 0 saturated carbocycles. The van der Waals surface area contributed by atoms with Crippen molar-refractivity contribution in [1.82, 2.24) is 5.32 Å². The van der Waals surface area contributed by atoms with Crippen LogP contribution in [-0.4, -0.2) is 11.7 Å². The van der Waals surface area contributed by atoms with Gasteiger partial charge in [0, 0.05) is 12.5 Å². The van der Waals surface area contributed by atoms with Crippen LogP contribution in [0.1, 0.15) is 22.8 Å². The van der Waals surface area contributed by atoms with Crippen molar-refractivity contribution >= 4 is 17.8 Å². The highest BCUT2D eigenvalue weighted by Crippen LogP contribution is 2.22. The third kappa shape index (κ3) is 1.33. The Morgan fingerprint density at radius 2 is 2.00 bits per heavy atom. The Labute approximate surface area is 81.4 Å². The molecule has 0 fully saturated rings. The van der Waals surface area contributed by atoms with E-state index in [9.17, 15) is 9.59 Å². The molecule has 0 aromatic heterocycles. The third-order valence-corrected chi connectivity index (χ3v) is 2.06. The van der Waals surface area contributed by atoms with Gasteiger partial charge in [0.15, 0.2) is 0 Å². The molecule has 2 rings (SSSR count). The molecule has 3 nitrogen and oxygen atoms in total. The molecule has 1 aliphatic carbocycles. The zero-order chi connectivity index (χ0) is 10.1. The molecule has 70 valence electrons. The van der Waals surface area contributed by atoms with E-state index in [1.807, 2.05) is 12.1 Å². The topological polar surface area (TPSA) is 46.2 Å². The average molecular weight is 187 g/mol. The summed E-state index contributed by atoms with van der Waals surface area (Å²) in [5, 5.41) is 2.51. The van der Waals surface area contributed by atoms with Crippen LogP contribution in [0.5, 0.6) is 0 Å². The fourth-order valence-corrected chi connectivity index (χ4v) is 1.48. The van der Waals surface area contributed by atoms with Gasteiger partial charge >= 0.3 is 0 Å². The van der Waals surface area contributed by atoms with Crippen molar-refractivity contribution in [3.8, 4) is 0 Å². The first-order valence-corrected chi connectivity index (χ1v) is 4.31. The zero-order valence-corrected chi connectivity index (χ0v) is 7.70. The number of Topliss-reactive ketones (excluding diaryl/α,β-unsaturated/α-hetero) is 1. The number of fused-ring (bicyclic) bond motifs is 1. The van der Waals surface area contributed by atoms with Gasteiger partial charge in [-0.3, -0.25) is 9.59 Å². The van der Waals surface area contributed by atoms with E-state index in [0.29, 0.717) is 11.3 Å². The Bertz CT molecular complexity index is 446. The highest BCUT2D eigenvalue weighted by Gasteiger charge is 2.22. The summed E-state index contributed by atoms with van der Waals surface area (Å²) in [5.41, 5.74) is 1.87. The highest BCUT2D eigenvalue weighted by atomic mass is 16.2. The number of rotatable bonds is 1. The molecular formula is C11H9NO2. The van der Waals surface area contributed by atoms with Crippen LogP contribution in [0, 0.1) is 0 Å². The third-order valence-electron chi connectivity index (χ3n) is 2.06. The number of nitrogens with one attached hydrogen (secondary N) is 1. The molecule has 0 aliphatic heterocycles. The second kappa shape index (κ2) is 3.10. The van der Waals surface area contributed by atoms with E-state index in [1.165, 1.54) is 6.92 Å². The Hall–Kier alpha value is -1.90. The number of benzene rings is 1. The standard InChI is InChI=1S/C11H9NO2/c1-7(13)12-10-6-8-4-2-3-5-9(8)11(10)14/h2-6H,1H3,(H,12,13,14). The maximum atomic E-state index is 11.6. The van der Waals surface area contributed by atoms with Gasteiger partial charge in [0.2, 0.25) is 11.7 Å². The molecule has 0 bridgehead atoms. The number of carbonyl (C=O) groups is 2. The van der Waals surface area contributed by atoms with E-state index >= 15 is 0 Å². The highest BCUT2D eigenvalue weighted by molar-refractivity contribution is 6.18. The number of allylic oxidation sites excluding steroid dienone is 1. The number of amides is 1. The molecule has 1 amide bonds. The van der Waals surface area contributed by atoms with Gasteiger partial charge in [0.1, 0.15) is 0 Å². The predicted molar refractivity (Wildman–Crippen MR) is 52.6 cm³/mol. The van der Waals surface area contributed by atoms with Crippen LogP contribution in [0.25, 0.3) is 6.08 Å². The average Bonchev–Trinajstić information content (AvgIpc) is 2.44. The Morgan fingerprint density at radius 3 is 2.64 bits per heavy atom. The summed E-state index contributed by atoms with van der Waals surface area (Å²) in [6.45, 7) is 1.39. The maximum absolute atomic E-state index is 11.6. The van der Waals surface area contributed by atoms with Crippen molar-refractivity contribution in [1.29, 1.82) is 0 Å². The summed E-state index contributed by atoms with van der Waals surface area (Å²) < 4.78 is 0. The summed E-state index contributed by atoms with van der Waals surface area (Å²) >= 11 is 0. The van der Waals surface area contributed by atoms with Gasteiger partial charge in [-0.2, -0.15) is 0 Å². The van der Waals surface area contributed by atoms with Gasteiger partial charge in [-0.25, -0.2) is 0 Å². The number of carbonyl (C=O) groups excluding carboxylic acids is 2. The van der Waals surface area contributed by atoms with Crippen molar-refractivity contribution in [3.63, 3.8) is 0 Å². The van der Waals surface area contributed by atoms with Gasteiger partial charge in [0.25, 0.3) is 0 Å². The summed E-state index contributed by atoms with van der Waals surface area (Å²) in [5.74, 6) is -0.340. The molecule has 0 unspecified atom stereocenters. The van der Waals surface area contributed by atoms with E-state index in [0.717, 1.165) is 5.56 Å². The fourth-order valence-electron chi connectivity index (χ4n) is 1.48. The summed E-state index contributed by atoms with van der Waals surface area (Å²) in [4.78, 5) is 22.4. The van der Waals surface area contributed by atoms with E-state index in [4.69, 9.17) is 0 Å². The summed E-state index contributed by atoms with van der Waals surface area (Å²) in [7, 11) is 0. The van der Waals surface area contributed by atoms with Gasteiger partial charge in [-0.15, -0.1) is 0 Å². The monoisotopic (exact) mass is 187 g/mol. The SMILES string of the molecule is CC(=O)NC1=Cc2ccccc2C1=O. The number of ketones is 1. The molecule has 14 heavy (non-hydrogen) atoms. The predicted octanol–water partition coefficient (Wildman–Crippen LogP) is 1.36. The van der Waals surface area contributed by atoms with Crippen molar-refractivity contribution in [2.24, 2.45) is 0 Å². The van der Waals surface area contributed by atoms with E-state index in [2.05, 4.69) is 5.32 Å². The van der Waals surface area contributed by atoms with Crippen molar-refractivity contribution < 1.29 is 9.59 Å². The molecule has 0 spiro atoms. The molecular weight excluding hydrogens is 178 g/mol. The molecule has 1 aromatic rings. The lowest BCUT2D eigenvalue weighted by Crippen LogP contribution is -2.22. The Kier molecular flexibility index (Phi) is 1.93. The second-order valence-electron chi connectivity index (χ2n) is 3.16. The van der Waals surface area contributed by atoms with Gasteiger partial charge in [-0.1, -0.05) is 24.3 Å². The quantitative estimate of drug-likeness (QED) is 0.721. The van der Waals surface area contributed by atoms with Crippen LogP contribution < -0.4 is 5.32 Å². The maximum Gasteiger partial charge on any atom is 0.221 e. The molecule has 1 aliphatic rings. The second-order valence-corrected chi connectivity index (χ2v) is 3.16. The van der Waals surface area contributed by atoms with Crippen LogP contribution in [0.4, 0.5) is 0 Å². The van der Waals surface area contributed by atoms with Crippen molar-refractivity contribution in [3.05, 3.63) is 41.1 Å². The van der Waals surface area contributed by atoms with Crippen LogP contribution in [0.2, 0.25) is 0 Å². The van der Waals surface area contributed by atoms with Gasteiger partial charge in [0.05, 0.1) is 5.70 Å². The zero-order valence-electron chi connectivity index (χ0n) is 7.70. The normalized spacial score (nSPS) is 13.5. The van der Waals surface area contributed by atoms with Crippen LogP contribution in [0.3, 0.4) is 0 Å². The molecule has 1 aromatic carbocycles. The fraction of sp³-hybridized carbons (Fsp3) is 0.0909. The van der Waals surface area contributed by atoms with Crippen LogP contribution >= 0.6 is 0 Å². The lowest BCUT2D eigenvalue weighted by atomic mass is 10.1. The van der Waals surface area contributed by atoms with Crippen LogP contribution in [-0.2, 0) is 4.79 Å². The van der Waals surface area contributed by atoms with E-state index in [-0.39, 0.29) is 11.7 Å². The Balaban J connectivity index is 2.37. The van der Waals surface area contributed by atoms with Crippen molar-refractivity contribution in [2.45, 2.75) is 6.92 Å².